The molecule has 3 N–H and O–H groups in total. The molecule has 0 unspecified atom stereocenters. The number of aromatic nitrogens is 2. The lowest BCUT2D eigenvalue weighted by Gasteiger charge is -2.06. The largest absolute Gasteiger partial charge is 0.376 e. The summed E-state index contributed by atoms with van der Waals surface area (Å²) in [6.45, 7) is 2.03. The van der Waals surface area contributed by atoms with Crippen molar-refractivity contribution in [1.29, 1.82) is 0 Å². The summed E-state index contributed by atoms with van der Waals surface area (Å²) in [6.07, 6.45) is 0. The summed E-state index contributed by atoms with van der Waals surface area (Å²) in [4.78, 5) is 4.45. The fraction of sp³-hybridized carbons (Fsp3) is 0.0625. The van der Waals surface area contributed by atoms with E-state index in [-0.39, 0.29) is 5.11 Å². The first-order valence-corrected chi connectivity index (χ1v) is 7.11. The molecule has 0 aliphatic heterocycles. The predicted octanol–water partition coefficient (Wildman–Crippen LogP) is 3.37. The molecule has 0 saturated carbocycles. The normalized spacial score (nSPS) is 10.4. The standard InChI is InChI=1S/C16H14N4OS/c1-10-6-8-11(9-7-10)14-19-15(21-20-14)12-4-2-3-5-13(12)18-16(17)22/h2-9H,1H3,(H3,17,18,22). The lowest BCUT2D eigenvalue weighted by molar-refractivity contribution is 0.432. The number of aryl methyl sites for hydroxylation is 1. The highest BCUT2D eigenvalue weighted by Crippen LogP contribution is 2.28. The van der Waals surface area contributed by atoms with Crippen molar-refractivity contribution < 1.29 is 4.52 Å². The van der Waals surface area contributed by atoms with Gasteiger partial charge in [-0.3, -0.25) is 0 Å². The van der Waals surface area contributed by atoms with Gasteiger partial charge in [0.15, 0.2) is 5.11 Å². The molecule has 3 rings (SSSR count). The third kappa shape index (κ3) is 2.96. The quantitative estimate of drug-likeness (QED) is 0.722. The zero-order valence-corrected chi connectivity index (χ0v) is 12.7. The summed E-state index contributed by atoms with van der Waals surface area (Å²) < 4.78 is 5.37. The van der Waals surface area contributed by atoms with Gasteiger partial charge in [0.2, 0.25) is 5.82 Å². The third-order valence-corrected chi connectivity index (χ3v) is 3.25. The van der Waals surface area contributed by atoms with Crippen molar-refractivity contribution >= 4 is 23.0 Å². The SMILES string of the molecule is Cc1ccc(-c2noc(-c3ccccc3NC(N)=S)n2)cc1. The summed E-state index contributed by atoms with van der Waals surface area (Å²) in [5, 5.41) is 7.13. The van der Waals surface area contributed by atoms with Crippen LogP contribution in [0.5, 0.6) is 0 Å². The smallest absolute Gasteiger partial charge is 0.260 e. The Labute approximate surface area is 133 Å². The van der Waals surface area contributed by atoms with Crippen molar-refractivity contribution in [2.24, 2.45) is 5.73 Å². The molecule has 0 saturated heterocycles. The molecule has 22 heavy (non-hydrogen) atoms. The molecule has 0 amide bonds. The van der Waals surface area contributed by atoms with Crippen LogP contribution in [-0.2, 0) is 0 Å². The van der Waals surface area contributed by atoms with E-state index in [9.17, 15) is 0 Å². The van der Waals surface area contributed by atoms with Crippen LogP contribution in [0.1, 0.15) is 5.56 Å². The van der Waals surface area contributed by atoms with Crippen LogP contribution in [0.15, 0.2) is 53.1 Å². The third-order valence-electron chi connectivity index (χ3n) is 3.15. The molecular formula is C16H14N4OS. The molecule has 6 heteroatoms. The maximum Gasteiger partial charge on any atom is 0.260 e. The summed E-state index contributed by atoms with van der Waals surface area (Å²) in [6, 6.07) is 15.4. The summed E-state index contributed by atoms with van der Waals surface area (Å²) in [5.74, 6) is 0.954. The van der Waals surface area contributed by atoms with Crippen molar-refractivity contribution in [1.82, 2.24) is 10.1 Å². The van der Waals surface area contributed by atoms with Crippen molar-refractivity contribution in [3.05, 3.63) is 54.1 Å². The van der Waals surface area contributed by atoms with Gasteiger partial charge in [-0.1, -0.05) is 47.1 Å². The average Bonchev–Trinajstić information content (AvgIpc) is 2.97. The number of nitrogens with one attached hydrogen (secondary N) is 1. The van der Waals surface area contributed by atoms with Crippen LogP contribution in [0.3, 0.4) is 0 Å². The van der Waals surface area contributed by atoms with Gasteiger partial charge in [-0.2, -0.15) is 4.98 Å². The van der Waals surface area contributed by atoms with Gasteiger partial charge in [0.05, 0.1) is 11.3 Å². The number of thiocarbonyl (C=S) groups is 1. The second-order valence-electron chi connectivity index (χ2n) is 4.82. The molecule has 0 fully saturated rings. The van der Waals surface area contributed by atoms with Gasteiger partial charge in [0.1, 0.15) is 0 Å². The molecular weight excluding hydrogens is 296 g/mol. The molecule has 5 nitrogen and oxygen atoms in total. The van der Waals surface area contributed by atoms with Crippen LogP contribution in [0.4, 0.5) is 5.69 Å². The van der Waals surface area contributed by atoms with E-state index in [2.05, 4.69) is 15.5 Å². The molecule has 0 bridgehead atoms. The fourth-order valence-corrected chi connectivity index (χ4v) is 2.17. The Hall–Kier alpha value is -2.73. The van der Waals surface area contributed by atoms with Gasteiger partial charge in [0.25, 0.3) is 5.89 Å². The Morgan fingerprint density at radius 3 is 2.59 bits per heavy atom. The Kier molecular flexibility index (Phi) is 3.84. The Morgan fingerprint density at radius 2 is 1.86 bits per heavy atom. The molecule has 110 valence electrons. The van der Waals surface area contributed by atoms with Crippen LogP contribution >= 0.6 is 12.2 Å². The van der Waals surface area contributed by atoms with Crippen LogP contribution < -0.4 is 11.1 Å². The maximum atomic E-state index is 5.54. The number of hydrogen-bond donors (Lipinski definition) is 2. The zero-order chi connectivity index (χ0) is 15.5. The van der Waals surface area contributed by atoms with Gasteiger partial charge in [0, 0.05) is 5.56 Å². The molecule has 0 atom stereocenters. The Bertz CT molecular complexity index is 811. The minimum absolute atomic E-state index is 0.186. The van der Waals surface area contributed by atoms with E-state index in [1.54, 1.807) is 0 Å². The molecule has 1 aromatic heterocycles. The van der Waals surface area contributed by atoms with Crippen molar-refractivity contribution in [3.63, 3.8) is 0 Å². The Balaban J connectivity index is 1.97. The molecule has 0 spiro atoms. The second-order valence-corrected chi connectivity index (χ2v) is 5.26. The maximum absolute atomic E-state index is 5.54. The van der Waals surface area contributed by atoms with Crippen molar-refractivity contribution in [3.8, 4) is 22.8 Å². The van der Waals surface area contributed by atoms with E-state index in [1.807, 2.05) is 55.5 Å². The number of anilines is 1. The van der Waals surface area contributed by atoms with Crippen LogP contribution in [0.25, 0.3) is 22.8 Å². The van der Waals surface area contributed by atoms with E-state index in [0.29, 0.717) is 11.7 Å². The lowest BCUT2D eigenvalue weighted by Crippen LogP contribution is -2.19. The zero-order valence-electron chi connectivity index (χ0n) is 11.9. The predicted molar refractivity (Wildman–Crippen MR) is 90.3 cm³/mol. The topological polar surface area (TPSA) is 77.0 Å². The number of nitrogens with zero attached hydrogens (tertiary/aromatic N) is 2. The van der Waals surface area contributed by atoms with Crippen molar-refractivity contribution in [2.45, 2.75) is 6.92 Å². The van der Waals surface area contributed by atoms with E-state index in [1.165, 1.54) is 5.56 Å². The van der Waals surface area contributed by atoms with E-state index in [4.69, 9.17) is 22.5 Å². The van der Waals surface area contributed by atoms with Gasteiger partial charge >= 0.3 is 0 Å². The van der Waals surface area contributed by atoms with Gasteiger partial charge in [-0.25, -0.2) is 0 Å². The van der Waals surface area contributed by atoms with Crippen LogP contribution in [0, 0.1) is 6.92 Å². The van der Waals surface area contributed by atoms with Gasteiger partial charge in [-0.05, 0) is 31.3 Å². The van der Waals surface area contributed by atoms with E-state index < -0.39 is 0 Å². The number of hydrogen-bond acceptors (Lipinski definition) is 4. The van der Waals surface area contributed by atoms with Crippen molar-refractivity contribution in [2.75, 3.05) is 5.32 Å². The summed E-state index contributed by atoms with van der Waals surface area (Å²) in [7, 11) is 0. The van der Waals surface area contributed by atoms with Crippen LogP contribution in [-0.4, -0.2) is 15.3 Å². The van der Waals surface area contributed by atoms with E-state index in [0.717, 1.165) is 16.8 Å². The number of rotatable bonds is 3. The number of benzene rings is 2. The minimum atomic E-state index is 0.186. The number of nitrogens with two attached hydrogens (primary N) is 1. The average molecular weight is 310 g/mol. The van der Waals surface area contributed by atoms with Gasteiger partial charge < -0.3 is 15.6 Å². The highest BCUT2D eigenvalue weighted by molar-refractivity contribution is 7.80. The first kappa shape index (κ1) is 14.2. The number of para-hydroxylation sites is 1. The second kappa shape index (κ2) is 5.95. The lowest BCUT2D eigenvalue weighted by atomic mass is 10.1. The molecule has 0 aliphatic rings. The first-order valence-electron chi connectivity index (χ1n) is 6.70. The summed E-state index contributed by atoms with van der Waals surface area (Å²) in [5.41, 5.74) is 9.10. The molecule has 2 aromatic carbocycles. The molecule has 0 radical (unpaired) electrons. The highest BCUT2D eigenvalue weighted by atomic mass is 32.1. The first-order chi connectivity index (χ1) is 10.6. The molecule has 0 aliphatic carbocycles. The Morgan fingerprint density at radius 1 is 1.14 bits per heavy atom. The fourth-order valence-electron chi connectivity index (χ4n) is 2.06. The highest BCUT2D eigenvalue weighted by Gasteiger charge is 2.14. The summed E-state index contributed by atoms with van der Waals surface area (Å²) >= 11 is 4.88. The monoisotopic (exact) mass is 310 g/mol. The van der Waals surface area contributed by atoms with E-state index >= 15 is 0 Å². The molecule has 3 aromatic rings. The van der Waals surface area contributed by atoms with Gasteiger partial charge in [-0.15, -0.1) is 0 Å². The minimum Gasteiger partial charge on any atom is -0.376 e. The molecule has 1 heterocycles. The van der Waals surface area contributed by atoms with Crippen LogP contribution in [0.2, 0.25) is 0 Å².